The largest absolute Gasteiger partial charge is 4.00 e. The van der Waals surface area contributed by atoms with Gasteiger partial charge in [-0.2, -0.15) is 10.3 Å². The van der Waals surface area contributed by atoms with Crippen LogP contribution in [-0.2, 0) is 57.7 Å². The van der Waals surface area contributed by atoms with Gasteiger partial charge < -0.3 is 32.0 Å². The monoisotopic (exact) mass is 760 g/mol. The Balaban J connectivity index is -0.000000116. The molecular weight excluding hydrogens is 730 g/mol. The summed E-state index contributed by atoms with van der Waals surface area (Å²) >= 11 is 7.40. The van der Waals surface area contributed by atoms with Gasteiger partial charge in [-0.3, -0.25) is 29.5 Å². The molecule has 16 heteroatoms. The third-order valence-electron chi connectivity index (χ3n) is 4.00. The van der Waals surface area contributed by atoms with E-state index in [4.69, 9.17) is 10.8 Å². The van der Waals surface area contributed by atoms with Crippen LogP contribution in [0.4, 0.5) is 0 Å². The number of aromatic nitrogens is 4. The van der Waals surface area contributed by atoms with Crippen LogP contribution in [0.25, 0.3) is 33.6 Å². The summed E-state index contributed by atoms with van der Waals surface area (Å²) in [5.41, 5.74) is 3.66. The second kappa shape index (κ2) is 38.9. The Morgan fingerprint density at radius 1 is 0.562 bits per heavy atom. The molecule has 0 aromatic carbocycles. The number of hydrogen-bond acceptors (Lipinski definition) is 10. The van der Waals surface area contributed by atoms with Crippen molar-refractivity contribution < 1.29 is 67.9 Å². The summed E-state index contributed by atoms with van der Waals surface area (Å²) in [7, 11) is 0. The summed E-state index contributed by atoms with van der Waals surface area (Å²) < 4.78 is 0. The zero-order valence-corrected chi connectivity index (χ0v) is 30.7. The minimum Gasteiger partial charge on any atom is -2.00 e. The molecule has 0 fully saturated rings. The maximum Gasteiger partial charge on any atom is 4.00 e. The first-order chi connectivity index (χ1) is 21.0. The molecule has 0 aliphatic rings. The average Bonchev–Trinajstić information content (AvgIpc) is 2.99. The van der Waals surface area contributed by atoms with Crippen molar-refractivity contribution in [3.8, 4) is 22.8 Å². The molecule has 4 aromatic heterocycles. The van der Waals surface area contributed by atoms with Crippen LogP contribution in [-0.4, -0.2) is 41.8 Å². The maximum absolute atomic E-state index is 9.98. The number of ketones is 2. The molecule has 12 nitrogen and oxygen atoms in total. The smallest absolute Gasteiger partial charge is 2.00 e. The predicted octanol–water partition coefficient (Wildman–Crippen LogP) is 5.04. The van der Waals surface area contributed by atoms with Gasteiger partial charge in [-0.1, -0.05) is 62.5 Å². The number of nitrogens with zero attached hydrogens (tertiary/aromatic N) is 6. The topological polar surface area (TPSA) is 233 Å². The molecular formula is C32H30N6O6S2V2. The Kier molecular flexibility index (Phi) is 45.4. The standard InChI is InChI=1S/2C10H8N2.2C5H8O2.2CNS.2O.2V/c2*1-3-7-11-9(5-1)10-6-2-4-8-12-10;2*1-4(6)3-5(2)7;2*2-1-3;;;;/h2*1-8H;2*3,6H,1-2H3;;;;;;/q;;;;2*-1;2*-2;2*+4/p-2/b;;2*4-3-;;;;;;. The van der Waals surface area contributed by atoms with Crippen molar-refractivity contribution in [3.05, 3.63) is 132 Å². The van der Waals surface area contributed by atoms with Crippen molar-refractivity contribution in [2.75, 3.05) is 0 Å². The van der Waals surface area contributed by atoms with Crippen molar-refractivity contribution in [2.45, 2.75) is 27.7 Å². The molecule has 0 aliphatic heterocycles. The van der Waals surface area contributed by atoms with E-state index in [1.807, 2.05) is 72.8 Å². The molecule has 0 bridgehead atoms. The first-order valence-corrected chi connectivity index (χ1v) is 13.2. The van der Waals surface area contributed by atoms with E-state index in [0.717, 1.165) is 34.9 Å². The van der Waals surface area contributed by atoms with E-state index in [2.05, 4.69) is 44.4 Å². The number of rotatable bonds is 4. The molecule has 4 heterocycles. The maximum atomic E-state index is 9.98. The van der Waals surface area contributed by atoms with Crippen LogP contribution in [0.1, 0.15) is 27.7 Å². The summed E-state index contributed by atoms with van der Waals surface area (Å²) in [5, 5.41) is 36.9. The van der Waals surface area contributed by atoms with Crippen molar-refractivity contribution in [2.24, 2.45) is 0 Å². The normalized spacial score (nSPS) is 8.50. The molecule has 0 atom stereocenters. The fourth-order valence-corrected chi connectivity index (χ4v) is 2.63. The average molecular weight is 761 g/mol. The van der Waals surface area contributed by atoms with Gasteiger partial charge in [-0.25, -0.2) is 0 Å². The van der Waals surface area contributed by atoms with Gasteiger partial charge in [0.1, 0.15) is 0 Å². The minimum absolute atomic E-state index is 0. The van der Waals surface area contributed by atoms with E-state index in [0.29, 0.717) is 0 Å². The fourth-order valence-electron chi connectivity index (χ4n) is 2.63. The van der Waals surface area contributed by atoms with Crippen LogP contribution < -0.4 is 10.2 Å². The van der Waals surface area contributed by atoms with Gasteiger partial charge in [0.2, 0.25) is 0 Å². The number of allylic oxidation sites excluding steroid dienone is 4. The van der Waals surface area contributed by atoms with Crippen molar-refractivity contribution in [1.82, 2.24) is 19.9 Å². The van der Waals surface area contributed by atoms with E-state index in [1.165, 1.54) is 38.0 Å². The number of pyridine rings is 4. The molecule has 0 amide bonds. The molecule has 0 aliphatic carbocycles. The Hall–Kier alpha value is -4.29. The first kappa shape index (κ1) is 56.1. The Bertz CT molecular complexity index is 1300. The van der Waals surface area contributed by atoms with Crippen LogP contribution in [0.15, 0.2) is 121 Å². The Labute approximate surface area is 314 Å². The molecule has 2 radical (unpaired) electrons. The third kappa shape index (κ3) is 36.2. The second-order valence-corrected chi connectivity index (χ2v) is 8.14. The molecule has 246 valence electrons. The van der Waals surface area contributed by atoms with Gasteiger partial charge in [-0.05, 0) is 74.5 Å². The Morgan fingerprint density at radius 2 is 0.750 bits per heavy atom. The van der Waals surface area contributed by atoms with E-state index in [-0.39, 0.29) is 71.1 Å². The van der Waals surface area contributed by atoms with E-state index in [1.54, 1.807) is 24.8 Å². The van der Waals surface area contributed by atoms with Gasteiger partial charge in [0.05, 0.1) is 22.8 Å². The van der Waals surface area contributed by atoms with Gasteiger partial charge >= 0.3 is 37.1 Å². The third-order valence-corrected chi connectivity index (χ3v) is 4.00. The predicted molar refractivity (Wildman–Crippen MR) is 177 cm³/mol. The van der Waals surface area contributed by atoms with Crippen LogP contribution in [0, 0.1) is 0 Å². The summed E-state index contributed by atoms with van der Waals surface area (Å²) in [5.74, 6) is -0.750. The molecule has 0 saturated heterocycles. The van der Waals surface area contributed by atoms with E-state index in [9.17, 15) is 19.8 Å². The molecule has 0 N–H and O–H groups in total. The molecule has 0 saturated carbocycles. The number of carbonyl (C=O) groups is 2. The quantitative estimate of drug-likeness (QED) is 0.116. The van der Waals surface area contributed by atoms with Crippen LogP contribution in [0.2, 0.25) is 0 Å². The van der Waals surface area contributed by atoms with Crippen molar-refractivity contribution in [1.29, 1.82) is 0 Å². The SMILES string of the molecule is CC(=O)/C=C(/C)[O-].CC(=O)/C=C(/C)[O-].[N-]=C=S.[N-]=C=S.[O-2].[O-2].[V+4].[V+4].c1ccc(-c2ccccn2)nc1.c1ccc(-c2ccccn2)nc1. The molecule has 4 aromatic rings. The second-order valence-electron chi connectivity index (χ2n) is 7.77. The van der Waals surface area contributed by atoms with Crippen LogP contribution in [0.3, 0.4) is 0 Å². The summed E-state index contributed by atoms with van der Waals surface area (Å²) in [4.78, 5) is 36.7. The van der Waals surface area contributed by atoms with Crippen LogP contribution in [0.5, 0.6) is 0 Å². The van der Waals surface area contributed by atoms with Crippen molar-refractivity contribution >= 4 is 46.3 Å². The fraction of sp³-hybridized carbons (Fsp3) is 0.125. The summed E-state index contributed by atoms with van der Waals surface area (Å²) in [6, 6.07) is 23.2. The first-order valence-electron chi connectivity index (χ1n) is 12.4. The number of thiocarbonyl (C=S) groups is 2. The molecule has 0 unspecified atom stereocenters. The van der Waals surface area contributed by atoms with Gasteiger partial charge in [0.15, 0.2) is 11.6 Å². The van der Waals surface area contributed by atoms with Crippen molar-refractivity contribution in [3.63, 3.8) is 0 Å². The zero-order valence-electron chi connectivity index (χ0n) is 26.2. The molecule has 48 heavy (non-hydrogen) atoms. The van der Waals surface area contributed by atoms with Gasteiger partial charge in [0.25, 0.3) is 0 Å². The van der Waals surface area contributed by atoms with E-state index < -0.39 is 0 Å². The molecule has 4 rings (SSSR count). The number of isothiocyanates is 2. The minimum atomic E-state index is -0.187. The van der Waals surface area contributed by atoms with Gasteiger partial charge in [-0.15, -0.1) is 11.5 Å². The Morgan fingerprint density at radius 3 is 0.833 bits per heavy atom. The van der Waals surface area contributed by atoms with E-state index >= 15 is 0 Å². The summed E-state index contributed by atoms with van der Waals surface area (Å²) in [6.45, 7) is 5.39. The summed E-state index contributed by atoms with van der Waals surface area (Å²) in [6.07, 6.45) is 9.18. The van der Waals surface area contributed by atoms with Crippen LogP contribution >= 0.6 is 24.4 Å². The van der Waals surface area contributed by atoms with Gasteiger partial charge in [0, 0.05) is 24.8 Å². The zero-order chi connectivity index (χ0) is 33.6. The molecule has 0 spiro atoms. The number of hydrogen-bond donors (Lipinski definition) is 0. The number of carbonyl (C=O) groups excluding carboxylic acids is 2.